The first-order valence-electron chi connectivity index (χ1n) is 27.4. The molecule has 16 rings (SSSR count). The predicted octanol–water partition coefficient (Wildman–Crippen LogP) is 20.4. The van der Waals surface area contributed by atoms with Gasteiger partial charge in [-0.15, -0.1) is 0 Å². The second-order valence-electron chi connectivity index (χ2n) is 21.2. The van der Waals surface area contributed by atoms with E-state index in [1.165, 1.54) is 110 Å². The van der Waals surface area contributed by atoms with Crippen molar-refractivity contribution in [1.29, 1.82) is 0 Å². The number of aromatic nitrogens is 1. The van der Waals surface area contributed by atoms with E-state index in [1.54, 1.807) is 0 Å². The van der Waals surface area contributed by atoms with Crippen molar-refractivity contribution in [3.63, 3.8) is 0 Å². The lowest BCUT2D eigenvalue weighted by Gasteiger charge is -2.32. The highest BCUT2D eigenvalue weighted by molar-refractivity contribution is 6.11. The summed E-state index contributed by atoms with van der Waals surface area (Å²) in [6.07, 6.45) is 0. The van der Waals surface area contributed by atoms with E-state index in [9.17, 15) is 0 Å². The van der Waals surface area contributed by atoms with Crippen LogP contribution in [-0.4, -0.2) is 4.57 Å². The van der Waals surface area contributed by atoms with Gasteiger partial charge in [-0.1, -0.05) is 237 Å². The van der Waals surface area contributed by atoms with Gasteiger partial charge < -0.3 is 9.47 Å². The van der Waals surface area contributed by atoms with Crippen molar-refractivity contribution in [3.8, 4) is 72.4 Å². The molecule has 0 fully saturated rings. The molecule has 0 saturated carbocycles. The summed E-state index contributed by atoms with van der Waals surface area (Å²) in [7, 11) is 0. The van der Waals surface area contributed by atoms with Gasteiger partial charge in [0.15, 0.2) is 0 Å². The molecule has 1 spiro atoms. The van der Waals surface area contributed by atoms with E-state index in [4.69, 9.17) is 0 Å². The summed E-state index contributed by atoms with van der Waals surface area (Å²) < 4.78 is 2.44. The predicted molar refractivity (Wildman–Crippen MR) is 331 cm³/mol. The fourth-order valence-electron chi connectivity index (χ4n) is 13.5. The molecule has 0 amide bonds. The molecule has 0 N–H and O–H groups in total. The van der Waals surface area contributed by atoms with Crippen LogP contribution in [0.15, 0.2) is 303 Å². The number of fused-ring (bicyclic) bond motifs is 14. The minimum atomic E-state index is -0.462. The van der Waals surface area contributed by atoms with Crippen LogP contribution in [0.4, 0.5) is 17.1 Å². The molecule has 2 heteroatoms. The lowest BCUT2D eigenvalue weighted by atomic mass is 9.70. The van der Waals surface area contributed by atoms with E-state index in [2.05, 4.69) is 313 Å². The zero-order chi connectivity index (χ0) is 52.0. The Labute approximate surface area is 460 Å². The van der Waals surface area contributed by atoms with Crippen LogP contribution in [-0.2, 0) is 5.41 Å². The zero-order valence-electron chi connectivity index (χ0n) is 43.3. The van der Waals surface area contributed by atoms with Crippen molar-refractivity contribution in [2.75, 3.05) is 4.90 Å². The summed E-state index contributed by atoms with van der Waals surface area (Å²) in [4.78, 5) is 2.49. The molecular weight excluding hydrogens is 953 g/mol. The Morgan fingerprint density at radius 1 is 0.253 bits per heavy atom. The monoisotopic (exact) mass is 1000 g/mol. The maximum atomic E-state index is 2.50. The molecular formula is C77H50N2. The van der Waals surface area contributed by atoms with Gasteiger partial charge in [0.25, 0.3) is 0 Å². The molecule has 14 aromatic rings. The third kappa shape index (κ3) is 6.98. The van der Waals surface area contributed by atoms with Gasteiger partial charge in [0.1, 0.15) is 0 Å². The minimum absolute atomic E-state index is 0.462. The second-order valence-corrected chi connectivity index (χ2v) is 21.2. The number of nitrogens with zero attached hydrogens (tertiary/aromatic N) is 2. The molecule has 368 valence electrons. The topological polar surface area (TPSA) is 8.17 Å². The lowest BCUT2D eigenvalue weighted by Crippen LogP contribution is -2.26. The molecule has 0 radical (unpaired) electrons. The molecule has 0 bridgehead atoms. The third-order valence-electron chi connectivity index (χ3n) is 17.0. The van der Waals surface area contributed by atoms with Gasteiger partial charge in [0.2, 0.25) is 0 Å². The molecule has 0 atom stereocenters. The van der Waals surface area contributed by atoms with Gasteiger partial charge in [0.05, 0.1) is 22.1 Å². The molecule has 1 heterocycles. The van der Waals surface area contributed by atoms with Crippen molar-refractivity contribution in [2.45, 2.75) is 5.41 Å². The Kier molecular flexibility index (Phi) is 10.2. The highest BCUT2D eigenvalue weighted by Crippen LogP contribution is 2.63. The van der Waals surface area contributed by atoms with Gasteiger partial charge in [-0.2, -0.15) is 0 Å². The fraction of sp³-hybridized carbons (Fsp3) is 0.0130. The van der Waals surface area contributed by atoms with Gasteiger partial charge in [-0.3, -0.25) is 0 Å². The average Bonchev–Trinajstić information content (AvgIpc) is 4.21. The highest BCUT2D eigenvalue weighted by atomic mass is 15.1. The minimum Gasteiger partial charge on any atom is -0.310 e. The smallest absolute Gasteiger partial charge is 0.0726 e. The molecule has 79 heavy (non-hydrogen) atoms. The van der Waals surface area contributed by atoms with Gasteiger partial charge in [-0.05, 0) is 161 Å². The van der Waals surface area contributed by atoms with Crippen LogP contribution in [0.3, 0.4) is 0 Å². The van der Waals surface area contributed by atoms with E-state index in [0.717, 1.165) is 33.9 Å². The lowest BCUT2D eigenvalue weighted by molar-refractivity contribution is 0.793. The molecule has 0 aliphatic heterocycles. The van der Waals surface area contributed by atoms with Crippen molar-refractivity contribution < 1.29 is 0 Å². The fourth-order valence-corrected chi connectivity index (χ4v) is 13.5. The van der Waals surface area contributed by atoms with Crippen molar-refractivity contribution >= 4 is 49.6 Å². The summed E-state index contributed by atoms with van der Waals surface area (Å²) in [5.41, 5.74) is 26.3. The second kappa shape index (κ2) is 17.9. The Morgan fingerprint density at radius 3 is 1.41 bits per heavy atom. The first kappa shape index (κ1) is 45.0. The summed E-state index contributed by atoms with van der Waals surface area (Å²) in [6.45, 7) is 0. The Balaban J connectivity index is 0.821. The summed E-state index contributed by atoms with van der Waals surface area (Å²) in [5.74, 6) is 0. The molecule has 1 aromatic heterocycles. The van der Waals surface area contributed by atoms with Crippen molar-refractivity contribution in [3.05, 3.63) is 326 Å². The molecule has 0 saturated heterocycles. The van der Waals surface area contributed by atoms with Crippen LogP contribution in [0.1, 0.15) is 22.3 Å². The number of anilines is 3. The van der Waals surface area contributed by atoms with Gasteiger partial charge >= 0.3 is 0 Å². The standard InChI is InChI=1S/C77H50N2/c1-3-19-51(20-4-1)58-45-59(52-21-5-2-6-22-52)48-62(47-58)79-75-34-18-13-29-68(75)69-49-57(40-44-76(69)79)54-35-37-55(38-36-54)63-25-12-17-33-74(63)78(60-41-39-53-23-7-8-24-56(53)46-60)61-42-43-67-66-28-11-16-32-72(66)77(73(67)50-61)70-30-14-9-26-64(70)65-27-10-15-31-71(65)77/h1-50H. The zero-order valence-corrected chi connectivity index (χ0v) is 43.3. The number of benzene rings is 13. The number of rotatable bonds is 8. The van der Waals surface area contributed by atoms with Crippen molar-refractivity contribution in [1.82, 2.24) is 4.57 Å². The quantitative estimate of drug-likeness (QED) is 0.147. The van der Waals surface area contributed by atoms with E-state index in [1.807, 2.05) is 0 Å². The Hall–Kier alpha value is -10.3. The molecule has 13 aromatic carbocycles. The molecule has 2 nitrogen and oxygen atoms in total. The van der Waals surface area contributed by atoms with Crippen LogP contribution in [0.2, 0.25) is 0 Å². The molecule has 2 aliphatic carbocycles. The highest BCUT2D eigenvalue weighted by Gasteiger charge is 2.51. The SMILES string of the molecule is c1ccc(-c2cc(-c3ccccc3)cc(-n3c4ccccc4c4cc(-c5ccc(-c6ccccc6N(c6ccc7c(c6)C6(c8ccccc8-c8ccccc86)c6ccccc6-7)c6ccc7ccccc7c6)cc5)ccc43)c2)cc1. The normalized spacial score (nSPS) is 12.7. The first-order chi connectivity index (χ1) is 39.2. The van der Waals surface area contributed by atoms with Crippen LogP contribution >= 0.6 is 0 Å². The van der Waals surface area contributed by atoms with E-state index < -0.39 is 5.41 Å². The van der Waals surface area contributed by atoms with Gasteiger partial charge in [-0.25, -0.2) is 0 Å². The van der Waals surface area contributed by atoms with E-state index in [0.29, 0.717) is 0 Å². The molecule has 0 unspecified atom stereocenters. The maximum Gasteiger partial charge on any atom is 0.0726 e. The van der Waals surface area contributed by atoms with Crippen LogP contribution in [0, 0.1) is 0 Å². The summed E-state index contributed by atoms with van der Waals surface area (Å²) in [6, 6.07) is 112. The summed E-state index contributed by atoms with van der Waals surface area (Å²) in [5, 5.41) is 4.87. The van der Waals surface area contributed by atoms with Crippen LogP contribution in [0.5, 0.6) is 0 Å². The first-order valence-corrected chi connectivity index (χ1v) is 27.4. The Bertz CT molecular complexity index is 4600. The van der Waals surface area contributed by atoms with E-state index >= 15 is 0 Å². The Morgan fingerprint density at radius 2 is 0.734 bits per heavy atom. The number of hydrogen-bond acceptors (Lipinski definition) is 1. The number of para-hydroxylation sites is 2. The summed E-state index contributed by atoms with van der Waals surface area (Å²) >= 11 is 0. The largest absolute Gasteiger partial charge is 0.310 e. The van der Waals surface area contributed by atoms with Crippen LogP contribution < -0.4 is 4.90 Å². The maximum absolute atomic E-state index is 2.50. The van der Waals surface area contributed by atoms with Gasteiger partial charge in [0, 0.05) is 33.4 Å². The third-order valence-corrected chi connectivity index (χ3v) is 17.0. The molecule has 2 aliphatic rings. The number of hydrogen-bond donors (Lipinski definition) is 0. The van der Waals surface area contributed by atoms with Crippen LogP contribution in [0.25, 0.3) is 105 Å². The van der Waals surface area contributed by atoms with E-state index in [-0.39, 0.29) is 0 Å². The average molecular weight is 1000 g/mol. The van der Waals surface area contributed by atoms with Crippen molar-refractivity contribution in [2.24, 2.45) is 0 Å².